The SMILES string of the molecule is Cc1nnc(NC(=O)Nc2ccc(-c3nc4c(c(N5CCOC[C@@H]5C)n3)CCN(C)C4)cc2)o1. The van der Waals surface area contributed by atoms with Gasteiger partial charge in [-0.15, -0.1) is 5.10 Å². The van der Waals surface area contributed by atoms with Crippen LogP contribution in [0.4, 0.5) is 22.3 Å². The first kappa shape index (κ1) is 22.2. The third-order valence-electron chi connectivity index (χ3n) is 6.02. The number of carbonyl (C=O) groups is 1. The molecule has 2 aliphatic heterocycles. The zero-order valence-corrected chi connectivity index (χ0v) is 19.5. The van der Waals surface area contributed by atoms with Crippen LogP contribution in [0.3, 0.4) is 0 Å². The Morgan fingerprint density at radius 2 is 1.94 bits per heavy atom. The molecule has 4 heterocycles. The van der Waals surface area contributed by atoms with Gasteiger partial charge < -0.3 is 24.3 Å². The van der Waals surface area contributed by atoms with Gasteiger partial charge >= 0.3 is 12.0 Å². The zero-order valence-electron chi connectivity index (χ0n) is 19.5. The highest BCUT2D eigenvalue weighted by molar-refractivity contribution is 5.98. The summed E-state index contributed by atoms with van der Waals surface area (Å²) in [5, 5.41) is 12.7. The predicted octanol–water partition coefficient (Wildman–Crippen LogP) is 2.69. The summed E-state index contributed by atoms with van der Waals surface area (Å²) in [5.41, 5.74) is 3.82. The minimum atomic E-state index is -0.465. The molecule has 0 bridgehead atoms. The molecule has 2 aromatic heterocycles. The molecule has 1 fully saturated rings. The van der Waals surface area contributed by atoms with Crippen LogP contribution in [0.15, 0.2) is 28.7 Å². The first-order valence-electron chi connectivity index (χ1n) is 11.4. The molecule has 11 nitrogen and oxygen atoms in total. The van der Waals surface area contributed by atoms with Crippen LogP contribution in [0.1, 0.15) is 24.1 Å². The highest BCUT2D eigenvalue weighted by Gasteiger charge is 2.28. The fourth-order valence-corrected chi connectivity index (χ4v) is 4.26. The highest BCUT2D eigenvalue weighted by Crippen LogP contribution is 2.31. The van der Waals surface area contributed by atoms with Crippen LogP contribution in [0, 0.1) is 6.92 Å². The Bertz CT molecular complexity index is 1180. The number of aromatic nitrogens is 4. The van der Waals surface area contributed by atoms with Crippen LogP contribution in [0.2, 0.25) is 0 Å². The van der Waals surface area contributed by atoms with Gasteiger partial charge in [0.1, 0.15) is 5.82 Å². The number of urea groups is 1. The van der Waals surface area contributed by atoms with Crippen molar-refractivity contribution in [2.24, 2.45) is 0 Å². The molecule has 3 aromatic rings. The number of hydrogen-bond acceptors (Lipinski definition) is 9. The van der Waals surface area contributed by atoms with Crippen LogP contribution >= 0.6 is 0 Å². The number of hydrogen-bond donors (Lipinski definition) is 2. The molecule has 0 saturated carbocycles. The van der Waals surface area contributed by atoms with Gasteiger partial charge in [-0.3, -0.25) is 5.32 Å². The molecule has 0 unspecified atom stereocenters. The molecule has 2 N–H and O–H groups in total. The van der Waals surface area contributed by atoms with Crippen LogP contribution in [0.5, 0.6) is 0 Å². The number of aryl methyl sites for hydroxylation is 1. The van der Waals surface area contributed by atoms with Crippen LogP contribution in [-0.4, -0.2) is 70.5 Å². The molecule has 34 heavy (non-hydrogen) atoms. The van der Waals surface area contributed by atoms with Crippen molar-refractivity contribution in [3.8, 4) is 11.4 Å². The number of likely N-dealkylation sites (N-methyl/N-ethyl adjacent to an activating group) is 1. The molecule has 1 aromatic carbocycles. The fraction of sp³-hybridized carbons (Fsp3) is 0.435. The van der Waals surface area contributed by atoms with Gasteiger partial charge in [-0.2, -0.15) is 0 Å². The van der Waals surface area contributed by atoms with Gasteiger partial charge in [0.05, 0.1) is 24.9 Å². The summed E-state index contributed by atoms with van der Waals surface area (Å²) in [5.74, 6) is 2.07. The number of nitrogens with one attached hydrogen (secondary N) is 2. The van der Waals surface area contributed by atoms with E-state index in [2.05, 4.69) is 44.6 Å². The second-order valence-electron chi connectivity index (χ2n) is 8.68. The van der Waals surface area contributed by atoms with Crippen molar-refractivity contribution in [1.82, 2.24) is 25.1 Å². The molecule has 178 valence electrons. The van der Waals surface area contributed by atoms with Crippen molar-refractivity contribution >= 4 is 23.6 Å². The fourth-order valence-electron chi connectivity index (χ4n) is 4.26. The number of ether oxygens (including phenoxy) is 1. The van der Waals surface area contributed by atoms with Gasteiger partial charge in [0.2, 0.25) is 5.89 Å². The maximum absolute atomic E-state index is 12.2. The molecule has 5 rings (SSSR count). The molecule has 0 spiro atoms. The number of nitrogens with zero attached hydrogens (tertiary/aromatic N) is 6. The summed E-state index contributed by atoms with van der Waals surface area (Å²) in [6.45, 7) is 7.82. The summed E-state index contributed by atoms with van der Waals surface area (Å²) >= 11 is 0. The van der Waals surface area contributed by atoms with Gasteiger partial charge in [-0.05, 0) is 44.7 Å². The Labute approximate surface area is 197 Å². The molecule has 2 aliphatic rings. The first-order valence-corrected chi connectivity index (χ1v) is 11.4. The van der Waals surface area contributed by atoms with E-state index in [9.17, 15) is 4.79 Å². The average molecular weight is 465 g/mol. The average Bonchev–Trinajstić information content (AvgIpc) is 3.23. The van der Waals surface area contributed by atoms with Crippen molar-refractivity contribution in [1.29, 1.82) is 0 Å². The Morgan fingerprint density at radius 3 is 2.68 bits per heavy atom. The minimum absolute atomic E-state index is 0.0453. The first-order chi connectivity index (χ1) is 16.5. The number of rotatable bonds is 4. The lowest BCUT2D eigenvalue weighted by atomic mass is 10.0. The number of amides is 2. The largest absolute Gasteiger partial charge is 0.408 e. The van der Waals surface area contributed by atoms with E-state index in [0.717, 1.165) is 43.1 Å². The van der Waals surface area contributed by atoms with Gasteiger partial charge in [-0.1, -0.05) is 5.10 Å². The van der Waals surface area contributed by atoms with E-state index >= 15 is 0 Å². The highest BCUT2D eigenvalue weighted by atomic mass is 16.5. The third kappa shape index (κ3) is 4.70. The second kappa shape index (κ2) is 9.35. The smallest absolute Gasteiger partial charge is 0.327 e. The Morgan fingerprint density at radius 1 is 1.12 bits per heavy atom. The topological polar surface area (TPSA) is 122 Å². The molecular weight excluding hydrogens is 436 g/mol. The van der Waals surface area contributed by atoms with Gasteiger partial charge in [-0.25, -0.2) is 14.8 Å². The maximum Gasteiger partial charge on any atom is 0.327 e. The van der Waals surface area contributed by atoms with Crippen LogP contribution in [-0.2, 0) is 17.7 Å². The number of morpholine rings is 1. The summed E-state index contributed by atoms with van der Waals surface area (Å²) in [7, 11) is 2.11. The molecule has 0 aliphatic carbocycles. The van der Waals surface area contributed by atoms with Crippen molar-refractivity contribution in [2.45, 2.75) is 32.9 Å². The van der Waals surface area contributed by atoms with Crippen LogP contribution < -0.4 is 15.5 Å². The lowest BCUT2D eigenvalue weighted by Crippen LogP contribution is -2.45. The van der Waals surface area contributed by atoms with Gasteiger partial charge in [0, 0.05) is 43.4 Å². The summed E-state index contributed by atoms with van der Waals surface area (Å²) in [4.78, 5) is 26.8. The van der Waals surface area contributed by atoms with E-state index in [1.54, 1.807) is 6.92 Å². The van der Waals surface area contributed by atoms with Gasteiger partial charge in [0.15, 0.2) is 5.82 Å². The lowest BCUT2D eigenvalue weighted by Gasteiger charge is -2.37. The molecule has 1 saturated heterocycles. The monoisotopic (exact) mass is 464 g/mol. The van der Waals surface area contributed by atoms with E-state index in [-0.39, 0.29) is 12.1 Å². The van der Waals surface area contributed by atoms with Crippen molar-refractivity contribution in [2.75, 3.05) is 48.9 Å². The Hall–Kier alpha value is -3.57. The number of benzene rings is 1. The van der Waals surface area contributed by atoms with E-state index in [1.165, 1.54) is 5.56 Å². The lowest BCUT2D eigenvalue weighted by molar-refractivity contribution is 0.0983. The third-order valence-corrected chi connectivity index (χ3v) is 6.02. The number of fused-ring (bicyclic) bond motifs is 1. The maximum atomic E-state index is 12.2. The van der Waals surface area contributed by atoms with Crippen molar-refractivity contribution in [3.05, 3.63) is 41.4 Å². The van der Waals surface area contributed by atoms with E-state index in [1.807, 2.05) is 24.3 Å². The standard InChI is InChI=1S/C23H28N8O3/c1-14-13-33-11-10-31(14)21-18-8-9-30(3)12-19(18)25-20(26-21)16-4-6-17(7-5-16)24-22(32)27-23-29-28-15(2)34-23/h4-7,14H,8-13H2,1-3H3,(H2,24,27,29,32)/t14-/m0/s1. The Balaban J connectivity index is 1.39. The second-order valence-corrected chi connectivity index (χ2v) is 8.68. The van der Waals surface area contributed by atoms with E-state index < -0.39 is 6.03 Å². The minimum Gasteiger partial charge on any atom is -0.408 e. The van der Waals surface area contributed by atoms with Crippen molar-refractivity contribution in [3.63, 3.8) is 0 Å². The summed E-state index contributed by atoms with van der Waals surface area (Å²) in [6.07, 6.45) is 0.934. The molecular formula is C23H28N8O3. The molecule has 0 radical (unpaired) electrons. The molecule has 1 atom stereocenters. The normalized spacial score (nSPS) is 18.4. The summed E-state index contributed by atoms with van der Waals surface area (Å²) in [6, 6.07) is 7.30. The van der Waals surface area contributed by atoms with Crippen LogP contribution in [0.25, 0.3) is 11.4 Å². The van der Waals surface area contributed by atoms with Crippen molar-refractivity contribution < 1.29 is 13.9 Å². The van der Waals surface area contributed by atoms with Gasteiger partial charge in [0.25, 0.3) is 0 Å². The quantitative estimate of drug-likeness (QED) is 0.600. The zero-order chi connectivity index (χ0) is 23.7. The Kier molecular flexibility index (Phi) is 6.12. The summed E-state index contributed by atoms with van der Waals surface area (Å²) < 4.78 is 10.8. The number of anilines is 3. The van der Waals surface area contributed by atoms with E-state index in [0.29, 0.717) is 30.6 Å². The predicted molar refractivity (Wildman–Crippen MR) is 127 cm³/mol. The number of carbonyl (C=O) groups excluding carboxylic acids is 1. The molecule has 11 heteroatoms. The molecule has 2 amide bonds. The van der Waals surface area contributed by atoms with E-state index in [4.69, 9.17) is 19.1 Å².